The third-order valence-corrected chi connectivity index (χ3v) is 4.42. The minimum atomic E-state index is -0.356. The molecule has 24 heavy (non-hydrogen) atoms. The molecule has 0 radical (unpaired) electrons. The lowest BCUT2D eigenvalue weighted by atomic mass is 10.0. The molecule has 0 bridgehead atoms. The van der Waals surface area contributed by atoms with E-state index in [0.717, 1.165) is 41.1 Å². The number of halogens is 2. The minimum absolute atomic E-state index is 0.354. The number of pyridine rings is 1. The van der Waals surface area contributed by atoms with E-state index in [1.807, 2.05) is 29.9 Å². The molecule has 2 heterocycles. The van der Waals surface area contributed by atoms with Crippen LogP contribution in [-0.2, 0) is 6.54 Å². The van der Waals surface area contributed by atoms with Crippen molar-refractivity contribution in [1.82, 2.24) is 9.38 Å². The largest absolute Gasteiger partial charge is 0.359 e. The van der Waals surface area contributed by atoms with Crippen LogP contribution < -0.4 is 10.6 Å². The lowest BCUT2D eigenvalue weighted by Crippen LogP contribution is -2.19. The first kappa shape index (κ1) is 16.7. The van der Waals surface area contributed by atoms with Gasteiger partial charge in [0.1, 0.15) is 17.3 Å². The molecule has 0 aliphatic heterocycles. The molecular formula is C18H20ClFN4. The molecule has 0 unspecified atom stereocenters. The number of aromatic nitrogens is 2. The summed E-state index contributed by atoms with van der Waals surface area (Å²) in [6, 6.07) is 6.37. The fourth-order valence-electron chi connectivity index (χ4n) is 2.90. The Morgan fingerprint density at radius 2 is 2.08 bits per heavy atom. The number of fused-ring (bicyclic) bond motifs is 1. The summed E-state index contributed by atoms with van der Waals surface area (Å²) in [5.74, 6) is 0.639. The molecule has 1 aromatic carbocycles. The normalized spacial score (nSPS) is 11.2. The van der Waals surface area contributed by atoms with Gasteiger partial charge in [0, 0.05) is 37.5 Å². The first-order chi connectivity index (χ1) is 11.5. The van der Waals surface area contributed by atoms with Gasteiger partial charge in [-0.2, -0.15) is 0 Å². The molecule has 0 atom stereocenters. The summed E-state index contributed by atoms with van der Waals surface area (Å²) in [4.78, 5) is 6.63. The average Bonchev–Trinajstić information content (AvgIpc) is 2.97. The SMILES string of the molecule is CCCN(C)c1cnc2cc(CN)c(-c3ccc(F)cc3Cl)cn12. The van der Waals surface area contributed by atoms with Crippen LogP contribution in [0.3, 0.4) is 0 Å². The highest BCUT2D eigenvalue weighted by Crippen LogP contribution is 2.32. The lowest BCUT2D eigenvalue weighted by Gasteiger charge is -2.18. The summed E-state index contributed by atoms with van der Waals surface area (Å²) in [5, 5.41) is 0.368. The van der Waals surface area contributed by atoms with Gasteiger partial charge in [0.2, 0.25) is 0 Å². The zero-order valence-electron chi connectivity index (χ0n) is 13.8. The van der Waals surface area contributed by atoms with E-state index < -0.39 is 0 Å². The third kappa shape index (κ3) is 2.97. The van der Waals surface area contributed by atoms with Crippen LogP contribution in [-0.4, -0.2) is 23.0 Å². The summed E-state index contributed by atoms with van der Waals surface area (Å²) in [6.45, 7) is 3.42. The number of nitrogens with two attached hydrogens (primary N) is 1. The van der Waals surface area contributed by atoms with E-state index in [1.54, 1.807) is 6.07 Å². The smallest absolute Gasteiger partial charge is 0.138 e. The van der Waals surface area contributed by atoms with Crippen LogP contribution in [0.1, 0.15) is 18.9 Å². The Hall–Kier alpha value is -2.11. The predicted octanol–water partition coefficient (Wildman–Crippen LogP) is 4.10. The van der Waals surface area contributed by atoms with Gasteiger partial charge in [-0.15, -0.1) is 0 Å². The molecule has 2 N–H and O–H groups in total. The van der Waals surface area contributed by atoms with Crippen molar-refractivity contribution in [3.63, 3.8) is 0 Å². The maximum atomic E-state index is 13.4. The van der Waals surface area contributed by atoms with E-state index in [0.29, 0.717) is 11.6 Å². The van der Waals surface area contributed by atoms with Crippen molar-refractivity contribution in [3.8, 4) is 11.1 Å². The van der Waals surface area contributed by atoms with E-state index in [-0.39, 0.29) is 5.82 Å². The van der Waals surface area contributed by atoms with Crippen LogP contribution in [0, 0.1) is 5.82 Å². The molecule has 0 aliphatic rings. The van der Waals surface area contributed by atoms with Crippen molar-refractivity contribution in [3.05, 3.63) is 53.1 Å². The number of rotatable bonds is 5. The number of benzene rings is 1. The van der Waals surface area contributed by atoms with Crippen LogP contribution in [0.5, 0.6) is 0 Å². The maximum absolute atomic E-state index is 13.4. The molecule has 126 valence electrons. The van der Waals surface area contributed by atoms with Crippen molar-refractivity contribution in [2.24, 2.45) is 5.73 Å². The predicted molar refractivity (Wildman–Crippen MR) is 97.0 cm³/mol. The van der Waals surface area contributed by atoms with Gasteiger partial charge >= 0.3 is 0 Å². The molecule has 0 aliphatic carbocycles. The summed E-state index contributed by atoms with van der Waals surface area (Å²) >= 11 is 6.25. The second kappa shape index (κ2) is 6.79. The standard InChI is InChI=1S/C18H20ClFN4/c1-3-6-23(2)18-10-22-17-7-12(9-21)15(11-24(17)18)14-5-4-13(20)8-16(14)19/h4-5,7-8,10-11H,3,6,9,21H2,1-2H3. The maximum Gasteiger partial charge on any atom is 0.138 e. The van der Waals surface area contributed by atoms with E-state index in [9.17, 15) is 4.39 Å². The monoisotopic (exact) mass is 346 g/mol. The minimum Gasteiger partial charge on any atom is -0.359 e. The summed E-state index contributed by atoms with van der Waals surface area (Å²) < 4.78 is 15.4. The first-order valence-corrected chi connectivity index (χ1v) is 8.29. The molecule has 2 aromatic heterocycles. The molecule has 4 nitrogen and oxygen atoms in total. The number of hydrogen-bond acceptors (Lipinski definition) is 3. The van der Waals surface area contributed by atoms with Gasteiger partial charge < -0.3 is 10.6 Å². The molecular weight excluding hydrogens is 327 g/mol. The zero-order chi connectivity index (χ0) is 17.3. The Morgan fingerprint density at radius 3 is 2.75 bits per heavy atom. The van der Waals surface area contributed by atoms with E-state index in [1.165, 1.54) is 12.1 Å². The lowest BCUT2D eigenvalue weighted by molar-refractivity contribution is 0.628. The Morgan fingerprint density at radius 1 is 1.29 bits per heavy atom. The Labute approximate surface area is 145 Å². The van der Waals surface area contributed by atoms with Crippen LogP contribution >= 0.6 is 11.6 Å². The van der Waals surface area contributed by atoms with Crippen molar-refractivity contribution >= 4 is 23.1 Å². The number of anilines is 1. The van der Waals surface area contributed by atoms with Crippen molar-refractivity contribution in [1.29, 1.82) is 0 Å². The third-order valence-electron chi connectivity index (χ3n) is 4.10. The molecule has 6 heteroatoms. The number of nitrogens with zero attached hydrogens (tertiary/aromatic N) is 3. The van der Waals surface area contributed by atoms with Crippen molar-refractivity contribution in [2.75, 3.05) is 18.5 Å². The van der Waals surface area contributed by atoms with Crippen LogP contribution in [0.4, 0.5) is 10.2 Å². The van der Waals surface area contributed by atoms with E-state index in [2.05, 4.69) is 16.8 Å². The molecule has 0 fully saturated rings. The van der Waals surface area contributed by atoms with Gasteiger partial charge in [0.05, 0.1) is 11.2 Å². The summed E-state index contributed by atoms with van der Waals surface area (Å²) in [6.07, 6.45) is 4.87. The first-order valence-electron chi connectivity index (χ1n) is 7.91. The topological polar surface area (TPSA) is 46.6 Å². The highest BCUT2D eigenvalue weighted by molar-refractivity contribution is 6.33. The van der Waals surface area contributed by atoms with Crippen LogP contribution in [0.15, 0.2) is 36.7 Å². The summed E-state index contributed by atoms with van der Waals surface area (Å²) in [7, 11) is 2.04. The highest BCUT2D eigenvalue weighted by atomic mass is 35.5. The summed E-state index contributed by atoms with van der Waals surface area (Å²) in [5.41, 5.74) is 9.31. The Bertz CT molecular complexity index is 875. The van der Waals surface area contributed by atoms with Crippen LogP contribution in [0.25, 0.3) is 16.8 Å². The number of hydrogen-bond donors (Lipinski definition) is 1. The molecule has 0 saturated carbocycles. The fraction of sp³-hybridized carbons (Fsp3) is 0.278. The second-order valence-corrected chi connectivity index (χ2v) is 6.21. The number of imidazole rings is 1. The zero-order valence-corrected chi connectivity index (χ0v) is 14.5. The molecule has 3 rings (SSSR count). The van der Waals surface area contributed by atoms with Gasteiger partial charge in [-0.1, -0.05) is 18.5 Å². The van der Waals surface area contributed by atoms with E-state index in [4.69, 9.17) is 17.3 Å². The average molecular weight is 347 g/mol. The molecule has 0 amide bonds. The van der Waals surface area contributed by atoms with Crippen molar-refractivity contribution in [2.45, 2.75) is 19.9 Å². The quantitative estimate of drug-likeness (QED) is 0.756. The molecule has 0 spiro atoms. The Kier molecular flexibility index (Phi) is 4.73. The highest BCUT2D eigenvalue weighted by Gasteiger charge is 2.14. The van der Waals surface area contributed by atoms with E-state index >= 15 is 0 Å². The van der Waals surface area contributed by atoms with Gasteiger partial charge in [-0.25, -0.2) is 9.37 Å². The van der Waals surface area contributed by atoms with Gasteiger partial charge in [0.25, 0.3) is 0 Å². The molecule has 3 aromatic rings. The molecule has 0 saturated heterocycles. The Balaban J connectivity index is 2.20. The van der Waals surface area contributed by atoms with Crippen LogP contribution in [0.2, 0.25) is 5.02 Å². The fourth-order valence-corrected chi connectivity index (χ4v) is 3.17. The van der Waals surface area contributed by atoms with Gasteiger partial charge in [-0.05, 0) is 36.2 Å². The second-order valence-electron chi connectivity index (χ2n) is 5.81. The van der Waals surface area contributed by atoms with Gasteiger partial charge in [-0.3, -0.25) is 4.40 Å². The van der Waals surface area contributed by atoms with Gasteiger partial charge in [0.15, 0.2) is 0 Å². The van der Waals surface area contributed by atoms with Crippen molar-refractivity contribution < 1.29 is 4.39 Å².